The molecule has 58 valence electrons. The number of rotatable bonds is 3. The van der Waals surface area contributed by atoms with E-state index in [9.17, 15) is 0 Å². The molecular formula is C10H12O. The van der Waals surface area contributed by atoms with E-state index in [2.05, 4.69) is 12.1 Å². The standard InChI is InChI=1S/C10H12O/c1-2-4-9(5-3-1)8-11-10-6-7-10/h1-5,10H,6-8H2. The minimum Gasteiger partial charge on any atom is -0.374 e. The molecule has 1 aromatic carbocycles. The maximum Gasteiger partial charge on any atom is 0.0720 e. The summed E-state index contributed by atoms with van der Waals surface area (Å²) < 4.78 is 5.54. The van der Waals surface area contributed by atoms with Crippen LogP contribution in [0.1, 0.15) is 18.4 Å². The first-order chi connectivity index (χ1) is 5.45. The number of hydrogen-bond donors (Lipinski definition) is 0. The van der Waals surface area contributed by atoms with Crippen LogP contribution in [0.15, 0.2) is 30.3 Å². The first kappa shape index (κ1) is 6.86. The SMILES string of the molecule is c1ccc(COC2CC2)cc1. The molecule has 0 bridgehead atoms. The van der Waals surface area contributed by atoms with E-state index in [0.717, 1.165) is 6.61 Å². The second-order valence-corrected chi connectivity index (χ2v) is 3.00. The molecule has 0 spiro atoms. The minimum atomic E-state index is 0.565. The predicted octanol–water partition coefficient (Wildman–Crippen LogP) is 2.37. The van der Waals surface area contributed by atoms with Gasteiger partial charge in [0.05, 0.1) is 12.7 Å². The second-order valence-electron chi connectivity index (χ2n) is 3.00. The van der Waals surface area contributed by atoms with Gasteiger partial charge in [0.1, 0.15) is 0 Å². The lowest BCUT2D eigenvalue weighted by Crippen LogP contribution is -1.93. The average Bonchev–Trinajstić information content (AvgIpc) is 2.86. The average molecular weight is 148 g/mol. The van der Waals surface area contributed by atoms with Crippen LogP contribution in [0.5, 0.6) is 0 Å². The fourth-order valence-corrected chi connectivity index (χ4v) is 1.02. The van der Waals surface area contributed by atoms with E-state index in [1.807, 2.05) is 18.2 Å². The summed E-state index contributed by atoms with van der Waals surface area (Å²) in [6.45, 7) is 0.783. The van der Waals surface area contributed by atoms with Gasteiger partial charge in [-0.25, -0.2) is 0 Å². The van der Waals surface area contributed by atoms with Gasteiger partial charge in [0.2, 0.25) is 0 Å². The molecule has 1 fully saturated rings. The Morgan fingerprint density at radius 3 is 2.55 bits per heavy atom. The third-order valence-electron chi connectivity index (χ3n) is 1.85. The first-order valence-corrected chi connectivity index (χ1v) is 4.11. The zero-order valence-corrected chi connectivity index (χ0v) is 6.49. The monoisotopic (exact) mass is 148 g/mol. The minimum absolute atomic E-state index is 0.565. The van der Waals surface area contributed by atoms with Gasteiger partial charge in [-0.2, -0.15) is 0 Å². The topological polar surface area (TPSA) is 9.23 Å². The number of ether oxygens (including phenoxy) is 1. The third-order valence-corrected chi connectivity index (χ3v) is 1.85. The first-order valence-electron chi connectivity index (χ1n) is 4.11. The normalized spacial score (nSPS) is 16.7. The summed E-state index contributed by atoms with van der Waals surface area (Å²) in [7, 11) is 0. The molecule has 0 atom stereocenters. The molecule has 1 heteroatoms. The molecule has 0 unspecified atom stereocenters. The van der Waals surface area contributed by atoms with Gasteiger partial charge in [-0.3, -0.25) is 0 Å². The Hall–Kier alpha value is -0.820. The summed E-state index contributed by atoms with van der Waals surface area (Å²) >= 11 is 0. The molecular weight excluding hydrogens is 136 g/mol. The van der Waals surface area contributed by atoms with Crippen molar-refractivity contribution in [2.45, 2.75) is 25.6 Å². The summed E-state index contributed by atoms with van der Waals surface area (Å²) in [5.41, 5.74) is 1.28. The van der Waals surface area contributed by atoms with Gasteiger partial charge < -0.3 is 4.74 Å². The van der Waals surface area contributed by atoms with Crippen LogP contribution in [-0.2, 0) is 11.3 Å². The maximum atomic E-state index is 5.54. The van der Waals surface area contributed by atoms with Crippen LogP contribution >= 0.6 is 0 Å². The third kappa shape index (κ3) is 2.05. The van der Waals surface area contributed by atoms with Crippen molar-refractivity contribution >= 4 is 0 Å². The van der Waals surface area contributed by atoms with Crippen LogP contribution < -0.4 is 0 Å². The molecule has 1 nitrogen and oxygen atoms in total. The van der Waals surface area contributed by atoms with Gasteiger partial charge in [0.15, 0.2) is 0 Å². The van der Waals surface area contributed by atoms with Gasteiger partial charge in [-0.1, -0.05) is 30.3 Å². The highest BCUT2D eigenvalue weighted by molar-refractivity contribution is 5.13. The Labute approximate surface area is 67.0 Å². The summed E-state index contributed by atoms with van der Waals surface area (Å²) in [5, 5.41) is 0. The molecule has 0 aromatic heterocycles. The molecule has 0 aliphatic heterocycles. The maximum absolute atomic E-state index is 5.54. The zero-order chi connectivity index (χ0) is 7.52. The molecule has 0 heterocycles. The highest BCUT2D eigenvalue weighted by Crippen LogP contribution is 2.24. The Kier molecular flexibility index (Phi) is 1.91. The Morgan fingerprint density at radius 1 is 1.18 bits per heavy atom. The van der Waals surface area contributed by atoms with Crippen molar-refractivity contribution in [3.05, 3.63) is 35.9 Å². The van der Waals surface area contributed by atoms with Gasteiger partial charge in [-0.15, -0.1) is 0 Å². The van der Waals surface area contributed by atoms with E-state index >= 15 is 0 Å². The zero-order valence-electron chi connectivity index (χ0n) is 6.49. The van der Waals surface area contributed by atoms with Crippen LogP contribution in [0.25, 0.3) is 0 Å². The summed E-state index contributed by atoms with van der Waals surface area (Å²) in [6, 6.07) is 10.3. The van der Waals surface area contributed by atoms with E-state index in [0.29, 0.717) is 6.10 Å². The van der Waals surface area contributed by atoms with Crippen LogP contribution in [-0.4, -0.2) is 6.10 Å². The number of benzene rings is 1. The van der Waals surface area contributed by atoms with Crippen LogP contribution in [0.3, 0.4) is 0 Å². The molecule has 1 saturated carbocycles. The van der Waals surface area contributed by atoms with E-state index in [1.54, 1.807) is 0 Å². The van der Waals surface area contributed by atoms with Crippen molar-refractivity contribution < 1.29 is 4.74 Å². The van der Waals surface area contributed by atoms with Crippen molar-refractivity contribution in [3.63, 3.8) is 0 Å². The predicted molar refractivity (Wildman–Crippen MR) is 44.3 cm³/mol. The largest absolute Gasteiger partial charge is 0.374 e. The molecule has 11 heavy (non-hydrogen) atoms. The summed E-state index contributed by atoms with van der Waals surface area (Å²) in [5.74, 6) is 0. The fourth-order valence-electron chi connectivity index (χ4n) is 1.02. The van der Waals surface area contributed by atoms with Gasteiger partial charge in [0.25, 0.3) is 0 Å². The highest BCUT2D eigenvalue weighted by atomic mass is 16.5. The van der Waals surface area contributed by atoms with Crippen molar-refractivity contribution in [2.75, 3.05) is 0 Å². The van der Waals surface area contributed by atoms with Crippen molar-refractivity contribution in [1.82, 2.24) is 0 Å². The van der Waals surface area contributed by atoms with E-state index in [1.165, 1.54) is 18.4 Å². The molecule has 0 N–H and O–H groups in total. The molecule has 1 aliphatic rings. The van der Waals surface area contributed by atoms with Crippen molar-refractivity contribution in [2.24, 2.45) is 0 Å². The van der Waals surface area contributed by atoms with Gasteiger partial charge in [0, 0.05) is 0 Å². The molecule has 0 saturated heterocycles. The van der Waals surface area contributed by atoms with Crippen molar-refractivity contribution in [3.8, 4) is 0 Å². The lowest BCUT2D eigenvalue weighted by Gasteiger charge is -2.00. The molecule has 0 radical (unpaired) electrons. The summed E-state index contributed by atoms with van der Waals surface area (Å²) in [4.78, 5) is 0. The Balaban J connectivity index is 1.85. The molecule has 2 rings (SSSR count). The van der Waals surface area contributed by atoms with E-state index in [4.69, 9.17) is 4.74 Å². The van der Waals surface area contributed by atoms with E-state index < -0.39 is 0 Å². The molecule has 0 amide bonds. The lowest BCUT2D eigenvalue weighted by atomic mass is 10.2. The smallest absolute Gasteiger partial charge is 0.0720 e. The van der Waals surface area contributed by atoms with Crippen molar-refractivity contribution in [1.29, 1.82) is 0 Å². The van der Waals surface area contributed by atoms with Gasteiger partial charge in [-0.05, 0) is 18.4 Å². The fraction of sp³-hybridized carbons (Fsp3) is 0.400. The molecule has 1 aromatic rings. The lowest BCUT2D eigenvalue weighted by molar-refractivity contribution is 0.106. The van der Waals surface area contributed by atoms with Gasteiger partial charge >= 0.3 is 0 Å². The summed E-state index contributed by atoms with van der Waals surface area (Å²) in [6.07, 6.45) is 3.08. The quantitative estimate of drug-likeness (QED) is 0.639. The van der Waals surface area contributed by atoms with Crippen LogP contribution in [0.2, 0.25) is 0 Å². The van der Waals surface area contributed by atoms with E-state index in [-0.39, 0.29) is 0 Å². The molecule has 1 aliphatic carbocycles. The Bertz CT molecular complexity index is 214. The Morgan fingerprint density at radius 2 is 1.91 bits per heavy atom. The highest BCUT2D eigenvalue weighted by Gasteiger charge is 2.21. The van der Waals surface area contributed by atoms with Crippen LogP contribution in [0.4, 0.5) is 0 Å². The van der Waals surface area contributed by atoms with Crippen LogP contribution in [0, 0.1) is 0 Å². The number of hydrogen-bond acceptors (Lipinski definition) is 1. The second kappa shape index (κ2) is 3.05.